The lowest BCUT2D eigenvalue weighted by Gasteiger charge is -2.58. The number of ether oxygens (including phenoxy) is 4. The van der Waals surface area contributed by atoms with E-state index in [2.05, 4.69) is 54.5 Å². The van der Waals surface area contributed by atoms with E-state index in [9.17, 15) is 0 Å². The lowest BCUT2D eigenvalue weighted by molar-refractivity contribution is -0.0691. The summed E-state index contributed by atoms with van der Waals surface area (Å²) in [5, 5.41) is 0.670. The van der Waals surface area contributed by atoms with Gasteiger partial charge in [-0.3, -0.25) is 0 Å². The molecule has 43 heavy (non-hydrogen) atoms. The van der Waals surface area contributed by atoms with Crippen molar-refractivity contribution in [3.63, 3.8) is 0 Å². The van der Waals surface area contributed by atoms with Crippen molar-refractivity contribution in [2.45, 2.75) is 130 Å². The maximum atomic E-state index is 6.36. The highest BCUT2D eigenvalue weighted by molar-refractivity contribution is 7.99. The van der Waals surface area contributed by atoms with Crippen LogP contribution >= 0.6 is 11.8 Å². The highest BCUT2D eigenvalue weighted by Gasteiger charge is 2.59. The van der Waals surface area contributed by atoms with Crippen LogP contribution in [0.1, 0.15) is 119 Å². The van der Waals surface area contributed by atoms with Crippen molar-refractivity contribution in [1.29, 1.82) is 0 Å². The minimum atomic E-state index is 0.359. The minimum absolute atomic E-state index is 0.359. The molecule has 4 nitrogen and oxygen atoms in total. The Kier molecular flexibility index (Phi) is 14.3. The zero-order valence-corrected chi connectivity index (χ0v) is 30.0. The van der Waals surface area contributed by atoms with Gasteiger partial charge in [-0.25, -0.2) is 0 Å². The molecule has 3 fully saturated rings. The number of rotatable bonds is 19. The van der Waals surface area contributed by atoms with Crippen LogP contribution in [0.25, 0.3) is 0 Å². The van der Waals surface area contributed by atoms with Gasteiger partial charge in [-0.05, 0) is 103 Å². The van der Waals surface area contributed by atoms with Crippen LogP contribution in [0.15, 0.2) is 11.6 Å². The molecule has 4 aliphatic rings. The molecule has 5 heteroatoms. The smallest absolute Gasteiger partial charge is 0.0704 e. The zero-order valence-electron chi connectivity index (χ0n) is 29.2. The molecule has 4 rings (SSSR count). The van der Waals surface area contributed by atoms with Crippen LogP contribution in [0.2, 0.25) is 0 Å². The first-order valence-corrected chi connectivity index (χ1v) is 19.4. The van der Waals surface area contributed by atoms with Crippen molar-refractivity contribution >= 4 is 11.8 Å². The number of thioether (sulfide) groups is 1. The second-order valence-corrected chi connectivity index (χ2v) is 17.5. The maximum Gasteiger partial charge on any atom is 0.0704 e. The molecular formula is C38H68O4S. The van der Waals surface area contributed by atoms with Gasteiger partial charge in [0.05, 0.1) is 52.4 Å². The Hall–Kier alpha value is -0.0700. The summed E-state index contributed by atoms with van der Waals surface area (Å²) in [5.74, 6) is 6.46. The zero-order chi connectivity index (χ0) is 30.9. The largest absolute Gasteiger partial charge is 0.378 e. The summed E-state index contributed by atoms with van der Waals surface area (Å²) in [7, 11) is 0. The Morgan fingerprint density at radius 3 is 2.19 bits per heavy atom. The van der Waals surface area contributed by atoms with Gasteiger partial charge in [-0.2, -0.15) is 11.8 Å². The quantitative estimate of drug-likeness (QED) is 0.106. The van der Waals surface area contributed by atoms with E-state index in [1.54, 1.807) is 5.57 Å². The van der Waals surface area contributed by atoms with Crippen LogP contribution in [0.3, 0.4) is 0 Å². The first-order valence-electron chi connectivity index (χ1n) is 18.3. The standard InChI is InChI=1S/C38H68O4S/c1-28(2)9-8-10-30(5)34-13-14-35-33-12-11-31-27-32(15-17-37(31,6)36(33)16-18-38(34,35)7)42-24-23-40-20-19-39-21-22-41-25-26-43-29(3)4/h11,28-30,32-36H,8-10,12-27H2,1-7H3/t30?,32-,33?,34?,35?,36?,37?,38?/m0/s1. The maximum absolute atomic E-state index is 6.36. The van der Waals surface area contributed by atoms with Gasteiger partial charge < -0.3 is 18.9 Å². The van der Waals surface area contributed by atoms with Gasteiger partial charge in [-0.15, -0.1) is 0 Å². The van der Waals surface area contributed by atoms with Crippen molar-refractivity contribution in [3.05, 3.63) is 11.6 Å². The summed E-state index contributed by atoms with van der Waals surface area (Å²) in [6.07, 6.45) is 18.2. The average molecular weight is 621 g/mol. The predicted octanol–water partition coefficient (Wildman–Crippen LogP) is 9.60. The van der Waals surface area contributed by atoms with Crippen LogP contribution in [0.5, 0.6) is 0 Å². The SMILES string of the molecule is CC(C)CCCC(C)C1CCC2C3CC=C4C[C@@H](OCCOCCOCCOCCSC(C)C)CCC4(C)C3CCC12C. The summed E-state index contributed by atoms with van der Waals surface area (Å²) in [5.41, 5.74) is 2.70. The lowest BCUT2D eigenvalue weighted by atomic mass is 9.47. The summed E-state index contributed by atoms with van der Waals surface area (Å²) in [6, 6.07) is 0. The molecular weight excluding hydrogens is 552 g/mol. The molecule has 0 bridgehead atoms. The van der Waals surface area contributed by atoms with Crippen LogP contribution in [0.4, 0.5) is 0 Å². The topological polar surface area (TPSA) is 36.9 Å². The molecule has 250 valence electrons. The summed E-state index contributed by atoms with van der Waals surface area (Å²) >= 11 is 1.94. The fourth-order valence-electron chi connectivity index (χ4n) is 9.95. The van der Waals surface area contributed by atoms with Crippen molar-refractivity contribution in [1.82, 2.24) is 0 Å². The predicted molar refractivity (Wildman–Crippen MR) is 183 cm³/mol. The molecule has 0 heterocycles. The summed E-state index contributed by atoms with van der Waals surface area (Å²) in [6.45, 7) is 21.8. The Bertz CT molecular complexity index is 844. The second kappa shape index (κ2) is 17.2. The van der Waals surface area contributed by atoms with E-state index in [0.29, 0.717) is 61.8 Å². The molecule has 0 aromatic heterocycles. The third-order valence-corrected chi connectivity index (χ3v) is 13.3. The Labute approximate surface area is 270 Å². The normalized spacial score (nSPS) is 34.6. The molecule has 0 spiro atoms. The van der Waals surface area contributed by atoms with Gasteiger partial charge >= 0.3 is 0 Å². The Morgan fingerprint density at radius 1 is 0.791 bits per heavy atom. The van der Waals surface area contributed by atoms with E-state index < -0.39 is 0 Å². The van der Waals surface area contributed by atoms with Gasteiger partial charge in [0.2, 0.25) is 0 Å². The van der Waals surface area contributed by atoms with Crippen LogP contribution in [0, 0.1) is 46.3 Å². The monoisotopic (exact) mass is 620 g/mol. The van der Waals surface area contributed by atoms with Crippen molar-refractivity contribution in [2.75, 3.05) is 52.0 Å². The minimum Gasteiger partial charge on any atom is -0.378 e. The van der Waals surface area contributed by atoms with E-state index >= 15 is 0 Å². The number of fused-ring (bicyclic) bond motifs is 5. The number of allylic oxidation sites excluding steroid dienone is 1. The third-order valence-electron chi connectivity index (χ3n) is 12.3. The molecule has 3 saturated carbocycles. The van der Waals surface area contributed by atoms with E-state index in [1.807, 2.05) is 11.8 Å². The van der Waals surface area contributed by atoms with Gasteiger partial charge in [-0.1, -0.05) is 79.4 Å². The molecule has 7 unspecified atom stereocenters. The first-order chi connectivity index (χ1) is 20.6. The van der Waals surface area contributed by atoms with Crippen molar-refractivity contribution in [2.24, 2.45) is 46.3 Å². The van der Waals surface area contributed by atoms with Gasteiger partial charge in [0.1, 0.15) is 0 Å². The van der Waals surface area contributed by atoms with Gasteiger partial charge in [0, 0.05) is 5.75 Å². The van der Waals surface area contributed by atoms with Gasteiger partial charge in [0.25, 0.3) is 0 Å². The summed E-state index contributed by atoms with van der Waals surface area (Å²) in [4.78, 5) is 0. The molecule has 8 atom stereocenters. The van der Waals surface area contributed by atoms with E-state index in [-0.39, 0.29) is 0 Å². The molecule has 0 aromatic rings. The molecule has 4 aliphatic carbocycles. The second-order valence-electron chi connectivity index (χ2n) is 15.8. The van der Waals surface area contributed by atoms with Crippen LogP contribution in [-0.2, 0) is 18.9 Å². The highest BCUT2D eigenvalue weighted by atomic mass is 32.2. The molecule has 0 N–H and O–H groups in total. The van der Waals surface area contributed by atoms with Gasteiger partial charge in [0.15, 0.2) is 0 Å². The molecule has 0 amide bonds. The van der Waals surface area contributed by atoms with Crippen LogP contribution < -0.4 is 0 Å². The fraction of sp³-hybridized carbons (Fsp3) is 0.947. The first kappa shape index (κ1) is 35.8. The Morgan fingerprint density at radius 2 is 1.49 bits per heavy atom. The number of hydrogen-bond donors (Lipinski definition) is 0. The molecule has 0 aromatic carbocycles. The molecule has 0 aliphatic heterocycles. The third kappa shape index (κ3) is 9.49. The van der Waals surface area contributed by atoms with E-state index in [4.69, 9.17) is 18.9 Å². The highest BCUT2D eigenvalue weighted by Crippen LogP contribution is 2.67. The van der Waals surface area contributed by atoms with Crippen LogP contribution in [-0.4, -0.2) is 63.4 Å². The molecule has 0 saturated heterocycles. The molecule has 0 radical (unpaired) electrons. The van der Waals surface area contributed by atoms with Crippen molar-refractivity contribution in [3.8, 4) is 0 Å². The average Bonchev–Trinajstić information content (AvgIpc) is 3.32. The Balaban J connectivity index is 1.14. The number of hydrogen-bond acceptors (Lipinski definition) is 5. The lowest BCUT2D eigenvalue weighted by Crippen LogP contribution is -2.51. The summed E-state index contributed by atoms with van der Waals surface area (Å²) < 4.78 is 23.4. The van der Waals surface area contributed by atoms with E-state index in [1.165, 1.54) is 64.2 Å². The van der Waals surface area contributed by atoms with E-state index in [0.717, 1.165) is 54.3 Å². The fourth-order valence-corrected chi connectivity index (χ4v) is 10.6. The van der Waals surface area contributed by atoms with Crippen molar-refractivity contribution < 1.29 is 18.9 Å².